The molecule has 1 fully saturated rings. The Morgan fingerprint density at radius 1 is 0.893 bits per heavy atom. The van der Waals surface area contributed by atoms with E-state index < -0.39 is 33.0 Å². The zero-order chi connectivity index (χ0) is 19.9. The standard InChI is InChI=1S/C20H16N2O4S2/c23-17-20(18(24)22-19(27)21-17)15(13-7-3-1-4-8-13)11-28(25,26)12-16(20)14-9-5-2-6-10-14/h1-11,16H,12H2,(H2,21,22,23,24,27). The van der Waals surface area contributed by atoms with Crippen LogP contribution in [0.25, 0.3) is 5.57 Å². The van der Waals surface area contributed by atoms with Crippen molar-refractivity contribution in [2.75, 3.05) is 5.75 Å². The van der Waals surface area contributed by atoms with Crippen LogP contribution in [0.2, 0.25) is 0 Å². The number of amides is 2. The van der Waals surface area contributed by atoms with E-state index in [0.29, 0.717) is 11.1 Å². The highest BCUT2D eigenvalue weighted by molar-refractivity contribution is 7.94. The average molecular weight is 412 g/mol. The van der Waals surface area contributed by atoms with Gasteiger partial charge in [-0.2, -0.15) is 0 Å². The molecule has 0 saturated carbocycles. The monoisotopic (exact) mass is 412 g/mol. The molecule has 142 valence electrons. The molecule has 4 rings (SSSR count). The van der Waals surface area contributed by atoms with Crippen molar-refractivity contribution in [2.45, 2.75) is 5.92 Å². The summed E-state index contributed by atoms with van der Waals surface area (Å²) in [7, 11) is -3.67. The number of carbonyl (C=O) groups excluding carboxylic acids is 2. The van der Waals surface area contributed by atoms with Crippen molar-refractivity contribution in [2.24, 2.45) is 5.41 Å². The molecule has 0 aliphatic carbocycles. The molecular formula is C20H16N2O4S2. The Morgan fingerprint density at radius 3 is 2.00 bits per heavy atom. The smallest absolute Gasteiger partial charge is 0.247 e. The van der Waals surface area contributed by atoms with Crippen molar-refractivity contribution in [1.82, 2.24) is 10.6 Å². The number of sulfone groups is 1. The predicted molar refractivity (Wildman–Crippen MR) is 109 cm³/mol. The summed E-state index contributed by atoms with van der Waals surface area (Å²) in [5.74, 6) is -2.51. The van der Waals surface area contributed by atoms with Crippen LogP contribution < -0.4 is 10.6 Å². The molecule has 2 aromatic carbocycles. The van der Waals surface area contributed by atoms with Gasteiger partial charge in [0, 0.05) is 11.3 Å². The molecule has 0 aromatic heterocycles. The summed E-state index contributed by atoms with van der Waals surface area (Å²) in [4.78, 5) is 26.6. The highest BCUT2D eigenvalue weighted by Gasteiger charge is 2.61. The third-order valence-electron chi connectivity index (χ3n) is 5.10. The van der Waals surface area contributed by atoms with Crippen molar-refractivity contribution < 1.29 is 18.0 Å². The van der Waals surface area contributed by atoms with Crippen molar-refractivity contribution in [3.63, 3.8) is 0 Å². The van der Waals surface area contributed by atoms with Crippen LogP contribution in [0, 0.1) is 5.41 Å². The number of carbonyl (C=O) groups is 2. The molecule has 2 aromatic rings. The summed E-state index contributed by atoms with van der Waals surface area (Å²) in [6, 6.07) is 17.3. The second-order valence-corrected chi connectivity index (χ2v) is 9.04. The lowest BCUT2D eigenvalue weighted by Gasteiger charge is -2.44. The molecule has 8 heteroatoms. The van der Waals surface area contributed by atoms with Gasteiger partial charge in [-0.05, 0) is 28.9 Å². The minimum Gasteiger partial charge on any atom is -0.302 e. The maximum absolute atomic E-state index is 13.3. The van der Waals surface area contributed by atoms with E-state index in [2.05, 4.69) is 10.6 Å². The van der Waals surface area contributed by atoms with E-state index in [0.717, 1.165) is 5.41 Å². The lowest BCUT2D eigenvalue weighted by molar-refractivity contribution is -0.140. The molecule has 2 N–H and O–H groups in total. The van der Waals surface area contributed by atoms with Crippen LogP contribution in [-0.2, 0) is 19.4 Å². The topological polar surface area (TPSA) is 92.3 Å². The molecule has 0 radical (unpaired) electrons. The van der Waals surface area contributed by atoms with E-state index in [4.69, 9.17) is 12.2 Å². The molecule has 6 nitrogen and oxygen atoms in total. The maximum atomic E-state index is 13.3. The van der Waals surface area contributed by atoms with Gasteiger partial charge >= 0.3 is 0 Å². The minimum absolute atomic E-state index is 0.0896. The molecule has 2 heterocycles. The predicted octanol–water partition coefficient (Wildman–Crippen LogP) is 1.76. The van der Waals surface area contributed by atoms with Crippen LogP contribution in [0.5, 0.6) is 0 Å². The van der Waals surface area contributed by atoms with Crippen molar-refractivity contribution in [1.29, 1.82) is 0 Å². The first-order chi connectivity index (χ1) is 13.3. The van der Waals surface area contributed by atoms with E-state index in [1.54, 1.807) is 60.7 Å². The summed E-state index contributed by atoms with van der Waals surface area (Å²) >= 11 is 4.97. The van der Waals surface area contributed by atoms with E-state index in [-0.39, 0.29) is 16.4 Å². The van der Waals surface area contributed by atoms with Crippen LogP contribution in [-0.4, -0.2) is 31.1 Å². The van der Waals surface area contributed by atoms with Gasteiger partial charge in [-0.15, -0.1) is 0 Å². The molecule has 1 atom stereocenters. The van der Waals surface area contributed by atoms with E-state index >= 15 is 0 Å². The van der Waals surface area contributed by atoms with Crippen LogP contribution in [0.1, 0.15) is 17.0 Å². The highest BCUT2D eigenvalue weighted by Crippen LogP contribution is 2.52. The second-order valence-electron chi connectivity index (χ2n) is 6.74. The number of hydrogen-bond donors (Lipinski definition) is 2. The van der Waals surface area contributed by atoms with Crippen LogP contribution >= 0.6 is 12.2 Å². The van der Waals surface area contributed by atoms with Crippen molar-refractivity contribution in [3.8, 4) is 0 Å². The maximum Gasteiger partial charge on any atom is 0.247 e. The molecule has 28 heavy (non-hydrogen) atoms. The Balaban J connectivity index is 2.05. The van der Waals surface area contributed by atoms with E-state index in [1.807, 2.05) is 0 Å². The zero-order valence-electron chi connectivity index (χ0n) is 14.6. The van der Waals surface area contributed by atoms with Gasteiger partial charge in [0.25, 0.3) is 0 Å². The van der Waals surface area contributed by atoms with Gasteiger partial charge in [0.1, 0.15) is 0 Å². The Kier molecular flexibility index (Phi) is 4.40. The van der Waals surface area contributed by atoms with Gasteiger partial charge in [0.05, 0.1) is 5.75 Å². The highest BCUT2D eigenvalue weighted by atomic mass is 32.2. The Labute approximate surface area is 167 Å². The quantitative estimate of drug-likeness (QED) is 0.579. The minimum atomic E-state index is -3.67. The largest absolute Gasteiger partial charge is 0.302 e. The molecule has 0 bridgehead atoms. The fourth-order valence-electron chi connectivity index (χ4n) is 3.91. The second kappa shape index (κ2) is 6.65. The van der Waals surface area contributed by atoms with Crippen molar-refractivity contribution >= 4 is 44.6 Å². The fourth-order valence-corrected chi connectivity index (χ4v) is 5.78. The number of rotatable bonds is 2. The summed E-state index contributed by atoms with van der Waals surface area (Å²) in [6.45, 7) is 0. The normalized spacial score (nSPS) is 22.9. The van der Waals surface area contributed by atoms with Crippen molar-refractivity contribution in [3.05, 3.63) is 77.2 Å². The van der Waals surface area contributed by atoms with Gasteiger partial charge in [-0.3, -0.25) is 9.59 Å². The molecular weight excluding hydrogens is 396 g/mol. The van der Waals surface area contributed by atoms with Crippen LogP contribution in [0.15, 0.2) is 66.1 Å². The van der Waals surface area contributed by atoms with E-state index in [1.165, 1.54) is 0 Å². The third-order valence-corrected chi connectivity index (χ3v) is 6.70. The lowest BCUT2D eigenvalue weighted by Crippen LogP contribution is -2.66. The lowest BCUT2D eigenvalue weighted by atomic mass is 9.64. The summed E-state index contributed by atoms with van der Waals surface area (Å²) in [5.41, 5.74) is -0.530. The summed E-state index contributed by atoms with van der Waals surface area (Å²) < 4.78 is 25.5. The summed E-state index contributed by atoms with van der Waals surface area (Å²) in [5, 5.41) is 6.01. The van der Waals surface area contributed by atoms with Crippen LogP contribution in [0.3, 0.4) is 0 Å². The Hall–Kier alpha value is -2.84. The van der Waals surface area contributed by atoms with Gasteiger partial charge in [0.15, 0.2) is 20.4 Å². The van der Waals surface area contributed by atoms with Gasteiger partial charge in [0.2, 0.25) is 11.8 Å². The SMILES string of the molecule is O=C1NC(=S)NC(=O)C12C(c1ccccc1)=CS(=O)(=O)CC2c1ccccc1. The first-order valence-electron chi connectivity index (χ1n) is 8.57. The third kappa shape index (κ3) is 2.85. The molecule has 1 unspecified atom stereocenters. The molecule has 2 aliphatic heterocycles. The molecule has 2 aliphatic rings. The van der Waals surface area contributed by atoms with Gasteiger partial charge < -0.3 is 10.6 Å². The molecule has 2 amide bonds. The van der Waals surface area contributed by atoms with Gasteiger partial charge in [-0.1, -0.05) is 60.7 Å². The van der Waals surface area contributed by atoms with Crippen LogP contribution in [0.4, 0.5) is 0 Å². The first kappa shape index (κ1) is 18.5. The number of nitrogens with one attached hydrogen (secondary N) is 2. The number of benzene rings is 2. The van der Waals surface area contributed by atoms with E-state index in [9.17, 15) is 18.0 Å². The van der Waals surface area contributed by atoms with Gasteiger partial charge in [-0.25, -0.2) is 8.42 Å². The number of thiocarbonyl (C=S) groups is 1. The first-order valence-corrected chi connectivity index (χ1v) is 10.7. The average Bonchev–Trinajstić information content (AvgIpc) is 2.67. The summed E-state index contributed by atoms with van der Waals surface area (Å²) in [6.07, 6.45) is 0. The Morgan fingerprint density at radius 2 is 1.43 bits per heavy atom. The zero-order valence-corrected chi connectivity index (χ0v) is 16.2. The number of hydrogen-bond acceptors (Lipinski definition) is 5. The molecule has 1 saturated heterocycles. The fraction of sp³-hybridized carbons (Fsp3) is 0.150. The Bertz CT molecular complexity index is 1090. The molecule has 1 spiro atoms.